The Balaban J connectivity index is 1.57. The maximum Gasteiger partial charge on any atom is 0.249 e. The Kier molecular flexibility index (Phi) is 5.78. The van der Waals surface area contributed by atoms with Gasteiger partial charge in [-0.05, 0) is 31.7 Å². The van der Waals surface area contributed by atoms with Gasteiger partial charge < -0.3 is 24.2 Å². The third-order valence-corrected chi connectivity index (χ3v) is 4.91. The topological polar surface area (TPSA) is 62.3 Å². The lowest BCUT2D eigenvalue weighted by Gasteiger charge is -2.45. The predicted molar refractivity (Wildman–Crippen MR) is 97.0 cm³/mol. The first kappa shape index (κ1) is 18.7. The maximum absolute atomic E-state index is 12.9. The van der Waals surface area contributed by atoms with Crippen LogP contribution in [-0.4, -0.2) is 92.1 Å². The Hall–Kier alpha value is -2.12. The maximum atomic E-state index is 12.9. The molecule has 7 heteroatoms. The highest BCUT2D eigenvalue weighted by molar-refractivity contribution is 5.89. The van der Waals surface area contributed by atoms with Gasteiger partial charge in [0.1, 0.15) is 24.5 Å². The van der Waals surface area contributed by atoms with Crippen molar-refractivity contribution in [2.45, 2.75) is 19.1 Å². The monoisotopic (exact) mass is 361 g/mol. The normalized spacial score (nSPS) is 21.4. The fourth-order valence-corrected chi connectivity index (χ4v) is 3.42. The van der Waals surface area contributed by atoms with E-state index in [9.17, 15) is 9.59 Å². The van der Waals surface area contributed by atoms with Crippen molar-refractivity contribution < 1.29 is 19.1 Å². The van der Waals surface area contributed by atoms with Crippen LogP contribution in [0.2, 0.25) is 0 Å². The minimum atomic E-state index is -0.448. The molecule has 0 spiro atoms. The predicted octanol–water partition coefficient (Wildman–Crippen LogP) is 0.374. The van der Waals surface area contributed by atoms with E-state index in [4.69, 9.17) is 9.47 Å². The van der Waals surface area contributed by atoms with E-state index in [1.807, 2.05) is 38.2 Å². The standard InChI is InChI=1S/C19H27N3O4/c1-14-5-4-6-15(9-14)26-16-10-21(11-16)19(24)17-12-20(2)7-8-22(17)18(23)13-25-3/h4-6,9,16-17H,7-8,10-13H2,1-3H3/t17-/m1/s1. The number of hydrogen-bond acceptors (Lipinski definition) is 5. The van der Waals surface area contributed by atoms with Crippen molar-refractivity contribution in [3.8, 4) is 5.75 Å². The summed E-state index contributed by atoms with van der Waals surface area (Å²) in [5.74, 6) is 0.688. The second-order valence-corrected chi connectivity index (χ2v) is 7.10. The van der Waals surface area contributed by atoms with E-state index in [0.29, 0.717) is 26.2 Å². The van der Waals surface area contributed by atoms with Crippen LogP contribution in [-0.2, 0) is 14.3 Å². The molecule has 0 unspecified atom stereocenters. The highest BCUT2D eigenvalue weighted by Crippen LogP contribution is 2.21. The van der Waals surface area contributed by atoms with E-state index in [1.54, 1.807) is 9.80 Å². The molecule has 2 saturated heterocycles. The van der Waals surface area contributed by atoms with Crippen LogP contribution in [0.1, 0.15) is 5.56 Å². The zero-order chi connectivity index (χ0) is 18.7. The van der Waals surface area contributed by atoms with Crippen molar-refractivity contribution in [3.63, 3.8) is 0 Å². The summed E-state index contributed by atoms with van der Waals surface area (Å²) in [7, 11) is 3.46. The van der Waals surface area contributed by atoms with Crippen LogP contribution in [0.4, 0.5) is 0 Å². The fraction of sp³-hybridized carbons (Fsp3) is 0.579. The van der Waals surface area contributed by atoms with E-state index in [-0.39, 0.29) is 24.5 Å². The van der Waals surface area contributed by atoms with Crippen LogP contribution in [0.25, 0.3) is 0 Å². The zero-order valence-electron chi connectivity index (χ0n) is 15.7. The average molecular weight is 361 g/mol. The van der Waals surface area contributed by atoms with E-state index in [2.05, 4.69) is 4.90 Å². The number of amides is 2. The number of piperazine rings is 1. The van der Waals surface area contributed by atoms with E-state index in [0.717, 1.165) is 17.9 Å². The summed E-state index contributed by atoms with van der Waals surface area (Å²) in [5, 5.41) is 0. The van der Waals surface area contributed by atoms with Gasteiger partial charge in [0.2, 0.25) is 11.8 Å². The summed E-state index contributed by atoms with van der Waals surface area (Å²) in [6.45, 7) is 5.00. The van der Waals surface area contributed by atoms with Gasteiger partial charge in [0, 0.05) is 26.7 Å². The van der Waals surface area contributed by atoms with Gasteiger partial charge in [-0.1, -0.05) is 12.1 Å². The molecule has 0 radical (unpaired) electrons. The first-order valence-corrected chi connectivity index (χ1v) is 8.97. The Morgan fingerprint density at radius 1 is 1.19 bits per heavy atom. The molecule has 0 N–H and O–H groups in total. The van der Waals surface area contributed by atoms with Crippen LogP contribution in [0.3, 0.4) is 0 Å². The van der Waals surface area contributed by atoms with Crippen molar-refractivity contribution >= 4 is 11.8 Å². The molecule has 2 aliphatic rings. The van der Waals surface area contributed by atoms with Gasteiger partial charge in [-0.2, -0.15) is 0 Å². The lowest BCUT2D eigenvalue weighted by atomic mass is 10.1. The molecule has 26 heavy (non-hydrogen) atoms. The fourth-order valence-electron chi connectivity index (χ4n) is 3.42. The number of rotatable bonds is 5. The SMILES string of the molecule is COCC(=O)N1CCN(C)C[C@@H]1C(=O)N1CC(Oc2cccc(C)c2)C1. The molecule has 0 saturated carbocycles. The second-order valence-electron chi connectivity index (χ2n) is 7.10. The number of benzene rings is 1. The van der Waals surface area contributed by atoms with Crippen LogP contribution >= 0.6 is 0 Å². The first-order chi connectivity index (χ1) is 12.5. The number of carbonyl (C=O) groups is 2. The molecule has 1 atom stereocenters. The molecule has 2 fully saturated rings. The highest BCUT2D eigenvalue weighted by atomic mass is 16.5. The molecule has 1 aromatic carbocycles. The van der Waals surface area contributed by atoms with Crippen molar-refractivity contribution in [3.05, 3.63) is 29.8 Å². The lowest BCUT2D eigenvalue weighted by Crippen LogP contribution is -2.65. The largest absolute Gasteiger partial charge is 0.487 e. The van der Waals surface area contributed by atoms with Crippen molar-refractivity contribution in [1.29, 1.82) is 0 Å². The van der Waals surface area contributed by atoms with Gasteiger partial charge in [-0.3, -0.25) is 9.59 Å². The van der Waals surface area contributed by atoms with Gasteiger partial charge in [0.25, 0.3) is 0 Å². The Bertz CT molecular complexity index is 660. The Morgan fingerprint density at radius 2 is 1.96 bits per heavy atom. The van der Waals surface area contributed by atoms with Gasteiger partial charge in [0.15, 0.2) is 0 Å². The molecule has 2 amide bonds. The quantitative estimate of drug-likeness (QED) is 0.759. The van der Waals surface area contributed by atoms with Crippen molar-refractivity contribution in [1.82, 2.24) is 14.7 Å². The first-order valence-electron chi connectivity index (χ1n) is 8.97. The van der Waals surface area contributed by atoms with Crippen LogP contribution in [0.5, 0.6) is 5.75 Å². The van der Waals surface area contributed by atoms with E-state index >= 15 is 0 Å². The van der Waals surface area contributed by atoms with Crippen molar-refractivity contribution in [2.24, 2.45) is 0 Å². The smallest absolute Gasteiger partial charge is 0.249 e. The van der Waals surface area contributed by atoms with Crippen LogP contribution in [0, 0.1) is 6.92 Å². The number of methoxy groups -OCH3 is 1. The number of hydrogen-bond donors (Lipinski definition) is 0. The number of carbonyl (C=O) groups excluding carboxylic acids is 2. The van der Waals surface area contributed by atoms with E-state index < -0.39 is 6.04 Å². The number of likely N-dealkylation sites (N-methyl/N-ethyl adjacent to an activating group) is 1. The molecule has 1 aromatic rings. The zero-order valence-corrected chi connectivity index (χ0v) is 15.7. The molecule has 3 rings (SSSR count). The molecule has 2 aliphatic heterocycles. The number of ether oxygens (including phenoxy) is 2. The minimum absolute atomic E-state index is 0.00481. The molecule has 142 valence electrons. The molecule has 0 aliphatic carbocycles. The van der Waals surface area contributed by atoms with Gasteiger partial charge in [-0.15, -0.1) is 0 Å². The van der Waals surface area contributed by atoms with Crippen LogP contribution in [0.15, 0.2) is 24.3 Å². The van der Waals surface area contributed by atoms with E-state index in [1.165, 1.54) is 7.11 Å². The second kappa shape index (κ2) is 8.05. The Morgan fingerprint density at radius 3 is 2.65 bits per heavy atom. The molecular formula is C19H27N3O4. The lowest BCUT2D eigenvalue weighted by molar-refractivity contribution is -0.156. The van der Waals surface area contributed by atoms with Gasteiger partial charge >= 0.3 is 0 Å². The third kappa shape index (κ3) is 4.16. The van der Waals surface area contributed by atoms with Gasteiger partial charge in [0.05, 0.1) is 13.1 Å². The number of nitrogens with zero attached hydrogens (tertiary/aromatic N) is 3. The number of likely N-dealkylation sites (tertiary alicyclic amines) is 1. The highest BCUT2D eigenvalue weighted by Gasteiger charge is 2.41. The van der Waals surface area contributed by atoms with Crippen LogP contribution < -0.4 is 4.74 Å². The molecule has 0 aromatic heterocycles. The third-order valence-electron chi connectivity index (χ3n) is 4.91. The summed E-state index contributed by atoms with van der Waals surface area (Å²) < 4.78 is 10.9. The molecule has 2 heterocycles. The molecule has 7 nitrogen and oxygen atoms in total. The minimum Gasteiger partial charge on any atom is -0.487 e. The summed E-state index contributed by atoms with van der Waals surface area (Å²) in [6.07, 6.45) is 0.00481. The molecule has 0 bridgehead atoms. The summed E-state index contributed by atoms with van der Waals surface area (Å²) in [5.41, 5.74) is 1.15. The Labute approximate surface area is 154 Å². The summed E-state index contributed by atoms with van der Waals surface area (Å²) >= 11 is 0. The van der Waals surface area contributed by atoms with Crippen molar-refractivity contribution in [2.75, 3.05) is 53.5 Å². The summed E-state index contributed by atoms with van der Waals surface area (Å²) in [6, 6.07) is 7.46. The molecular weight excluding hydrogens is 334 g/mol. The number of aryl methyl sites for hydroxylation is 1. The average Bonchev–Trinajstić information content (AvgIpc) is 2.57. The van der Waals surface area contributed by atoms with Gasteiger partial charge in [-0.25, -0.2) is 0 Å². The summed E-state index contributed by atoms with van der Waals surface area (Å²) in [4.78, 5) is 30.7.